The fourth-order valence-corrected chi connectivity index (χ4v) is 3.53. The maximum Gasteiger partial charge on any atom is 0.147 e. The van der Waals surface area contributed by atoms with E-state index in [0.29, 0.717) is 17.7 Å². The van der Waals surface area contributed by atoms with Gasteiger partial charge in [0.1, 0.15) is 9.84 Å². The molecule has 0 spiro atoms. The fraction of sp³-hybridized carbons (Fsp3) is 1.00. The number of hydrogen-bond donors (Lipinski definition) is 1. The molecule has 4 nitrogen and oxygen atoms in total. The molecular weight excluding hydrogens is 260 g/mol. The molecular formula is C14H30N2O2S. The number of rotatable bonds is 8. The van der Waals surface area contributed by atoms with E-state index in [4.69, 9.17) is 0 Å². The van der Waals surface area contributed by atoms with E-state index in [0.717, 1.165) is 32.6 Å². The molecule has 0 saturated carbocycles. The Hall–Kier alpha value is -0.130. The van der Waals surface area contributed by atoms with Crippen LogP contribution in [-0.4, -0.2) is 57.5 Å². The van der Waals surface area contributed by atoms with E-state index in [1.54, 1.807) is 0 Å². The van der Waals surface area contributed by atoms with Crippen LogP contribution in [0.3, 0.4) is 0 Å². The number of likely N-dealkylation sites (tertiary alicyclic amines) is 1. The summed E-state index contributed by atoms with van der Waals surface area (Å²) in [7, 11) is -2.81. The van der Waals surface area contributed by atoms with Gasteiger partial charge in [-0.1, -0.05) is 20.3 Å². The summed E-state index contributed by atoms with van der Waals surface area (Å²) in [6.45, 7) is 8.70. The minimum atomic E-state index is -2.81. The van der Waals surface area contributed by atoms with Crippen LogP contribution in [0.2, 0.25) is 0 Å². The summed E-state index contributed by atoms with van der Waals surface area (Å²) in [4.78, 5) is 2.43. The largest absolute Gasteiger partial charge is 0.314 e. The lowest BCUT2D eigenvalue weighted by molar-refractivity contribution is 0.135. The second-order valence-electron chi connectivity index (χ2n) is 5.80. The first kappa shape index (κ1) is 16.9. The molecule has 0 aromatic carbocycles. The van der Waals surface area contributed by atoms with Crippen LogP contribution < -0.4 is 5.32 Å². The Morgan fingerprint density at radius 2 is 2.05 bits per heavy atom. The van der Waals surface area contributed by atoms with E-state index >= 15 is 0 Å². The molecule has 1 aliphatic rings. The van der Waals surface area contributed by atoms with Gasteiger partial charge in [-0.3, -0.25) is 0 Å². The normalized spacial score (nSPS) is 25.6. The molecule has 2 unspecified atom stereocenters. The van der Waals surface area contributed by atoms with Crippen LogP contribution in [0.25, 0.3) is 0 Å². The molecule has 1 fully saturated rings. The first-order valence-electron chi connectivity index (χ1n) is 7.59. The highest BCUT2D eigenvalue weighted by atomic mass is 32.2. The number of hydrogen-bond acceptors (Lipinski definition) is 4. The molecule has 0 radical (unpaired) electrons. The molecule has 0 aromatic rings. The van der Waals surface area contributed by atoms with Crippen LogP contribution in [0.15, 0.2) is 0 Å². The van der Waals surface area contributed by atoms with Crippen LogP contribution in [0.5, 0.6) is 0 Å². The Kier molecular flexibility index (Phi) is 7.32. The topological polar surface area (TPSA) is 49.4 Å². The van der Waals surface area contributed by atoms with Gasteiger partial charge >= 0.3 is 0 Å². The molecule has 0 aliphatic carbocycles. The lowest BCUT2D eigenvalue weighted by Gasteiger charge is -2.38. The number of sulfone groups is 1. The summed E-state index contributed by atoms with van der Waals surface area (Å²) < 4.78 is 22.3. The smallest absolute Gasteiger partial charge is 0.147 e. The van der Waals surface area contributed by atoms with Crippen molar-refractivity contribution in [2.45, 2.75) is 45.6 Å². The lowest BCUT2D eigenvalue weighted by atomic mass is 9.89. The van der Waals surface area contributed by atoms with Crippen LogP contribution in [0.1, 0.15) is 39.5 Å². The van der Waals surface area contributed by atoms with Crippen LogP contribution in [0.4, 0.5) is 0 Å². The van der Waals surface area contributed by atoms with Crippen molar-refractivity contribution in [3.8, 4) is 0 Å². The summed E-state index contributed by atoms with van der Waals surface area (Å²) in [5.74, 6) is 1.02. The highest BCUT2D eigenvalue weighted by Gasteiger charge is 2.27. The van der Waals surface area contributed by atoms with Gasteiger partial charge < -0.3 is 10.2 Å². The van der Waals surface area contributed by atoms with Crippen molar-refractivity contribution in [1.29, 1.82) is 0 Å². The minimum Gasteiger partial charge on any atom is -0.314 e. The van der Waals surface area contributed by atoms with Crippen molar-refractivity contribution in [2.75, 3.05) is 38.2 Å². The van der Waals surface area contributed by atoms with Gasteiger partial charge in [0.15, 0.2) is 0 Å². The predicted octanol–water partition coefficient (Wildman–Crippen LogP) is 1.52. The van der Waals surface area contributed by atoms with E-state index in [1.165, 1.54) is 25.5 Å². The molecule has 2 atom stereocenters. The third-order valence-electron chi connectivity index (χ3n) is 3.99. The summed E-state index contributed by atoms with van der Waals surface area (Å²) in [6, 6.07) is 0.649. The van der Waals surface area contributed by atoms with Crippen molar-refractivity contribution >= 4 is 9.84 Å². The van der Waals surface area contributed by atoms with E-state index in [-0.39, 0.29) is 0 Å². The van der Waals surface area contributed by atoms with Crippen molar-refractivity contribution in [2.24, 2.45) is 5.92 Å². The molecule has 5 heteroatoms. The Labute approximate surface area is 118 Å². The quantitative estimate of drug-likeness (QED) is 0.736. The molecule has 1 heterocycles. The Bertz CT molecular complexity index is 343. The fourth-order valence-electron chi connectivity index (χ4n) is 2.87. The van der Waals surface area contributed by atoms with Crippen molar-refractivity contribution < 1.29 is 8.42 Å². The molecule has 0 amide bonds. The average molecular weight is 290 g/mol. The zero-order valence-corrected chi connectivity index (χ0v) is 13.5. The first-order valence-corrected chi connectivity index (χ1v) is 9.65. The summed E-state index contributed by atoms with van der Waals surface area (Å²) in [5, 5.41) is 3.65. The van der Waals surface area contributed by atoms with Gasteiger partial charge in [-0.15, -0.1) is 0 Å². The third-order valence-corrected chi connectivity index (χ3v) is 5.02. The Morgan fingerprint density at radius 1 is 1.32 bits per heavy atom. The minimum absolute atomic E-state index is 0.317. The van der Waals surface area contributed by atoms with Gasteiger partial charge in [0.25, 0.3) is 0 Å². The average Bonchev–Trinajstić information content (AvgIpc) is 2.35. The molecule has 1 N–H and O–H groups in total. The predicted molar refractivity (Wildman–Crippen MR) is 81.2 cm³/mol. The first-order chi connectivity index (χ1) is 8.96. The monoisotopic (exact) mass is 290 g/mol. The van der Waals surface area contributed by atoms with Crippen LogP contribution >= 0.6 is 0 Å². The van der Waals surface area contributed by atoms with Gasteiger partial charge in [0.2, 0.25) is 0 Å². The standard InChI is InChI=1S/C14H30N2O2S/c1-4-8-15-14-7-10-16(12-13(14)5-2)9-6-11-19(3,17)18/h13-15H,4-12H2,1-3H3. The second kappa shape index (κ2) is 8.22. The van der Waals surface area contributed by atoms with Crippen LogP contribution in [-0.2, 0) is 9.84 Å². The highest BCUT2D eigenvalue weighted by molar-refractivity contribution is 7.90. The van der Waals surface area contributed by atoms with E-state index in [9.17, 15) is 8.42 Å². The number of nitrogens with zero attached hydrogens (tertiary/aromatic N) is 1. The van der Waals surface area contributed by atoms with Crippen LogP contribution in [0, 0.1) is 5.92 Å². The van der Waals surface area contributed by atoms with Gasteiger partial charge in [0, 0.05) is 18.8 Å². The van der Waals surface area contributed by atoms with Gasteiger partial charge in [-0.05, 0) is 44.8 Å². The third kappa shape index (κ3) is 6.72. The van der Waals surface area contributed by atoms with Crippen molar-refractivity contribution in [3.63, 3.8) is 0 Å². The molecule has 1 rings (SSSR count). The molecule has 19 heavy (non-hydrogen) atoms. The van der Waals surface area contributed by atoms with Gasteiger partial charge in [-0.2, -0.15) is 0 Å². The lowest BCUT2D eigenvalue weighted by Crippen LogP contribution is -2.49. The van der Waals surface area contributed by atoms with E-state index in [1.807, 2.05) is 0 Å². The molecule has 114 valence electrons. The van der Waals surface area contributed by atoms with Crippen molar-refractivity contribution in [1.82, 2.24) is 10.2 Å². The van der Waals surface area contributed by atoms with Gasteiger partial charge in [-0.25, -0.2) is 8.42 Å². The van der Waals surface area contributed by atoms with Gasteiger partial charge in [0.05, 0.1) is 5.75 Å². The molecule has 1 saturated heterocycles. The zero-order chi connectivity index (χ0) is 14.3. The Morgan fingerprint density at radius 3 is 2.63 bits per heavy atom. The molecule has 0 aromatic heterocycles. The molecule has 0 bridgehead atoms. The summed E-state index contributed by atoms with van der Waals surface area (Å²) >= 11 is 0. The maximum atomic E-state index is 11.1. The van der Waals surface area contributed by atoms with E-state index < -0.39 is 9.84 Å². The highest BCUT2D eigenvalue weighted by Crippen LogP contribution is 2.20. The number of nitrogens with one attached hydrogen (secondary N) is 1. The SMILES string of the molecule is CCCNC1CCN(CCCS(C)(=O)=O)CC1CC. The second-order valence-corrected chi connectivity index (χ2v) is 8.06. The van der Waals surface area contributed by atoms with E-state index in [2.05, 4.69) is 24.1 Å². The maximum absolute atomic E-state index is 11.1. The zero-order valence-electron chi connectivity index (χ0n) is 12.7. The summed E-state index contributed by atoms with van der Waals surface area (Å²) in [5.41, 5.74) is 0. The Balaban J connectivity index is 2.33. The molecule has 1 aliphatic heterocycles. The summed E-state index contributed by atoms with van der Waals surface area (Å²) in [6.07, 6.45) is 5.66. The number of piperidine rings is 1. The van der Waals surface area contributed by atoms with Crippen molar-refractivity contribution in [3.05, 3.63) is 0 Å².